The maximum atomic E-state index is 5.73. The van der Waals surface area contributed by atoms with Gasteiger partial charge in [-0.15, -0.1) is 0 Å². The number of pyridine rings is 3. The summed E-state index contributed by atoms with van der Waals surface area (Å²) in [6, 6.07) is 11.1. The first-order valence-electron chi connectivity index (χ1n) is 9.06. The van der Waals surface area contributed by atoms with Crippen molar-refractivity contribution < 1.29 is 14.2 Å². The number of ether oxygens (including phenoxy) is 3. The monoisotopic (exact) mass is 365 g/mol. The predicted molar refractivity (Wildman–Crippen MR) is 104 cm³/mol. The first kappa shape index (κ1) is 18.6. The lowest BCUT2D eigenvalue weighted by Gasteiger charge is -2.11. The second-order valence-electron chi connectivity index (χ2n) is 5.63. The predicted octanol–water partition coefficient (Wildman–Crippen LogP) is 4.40. The van der Waals surface area contributed by atoms with E-state index in [1.807, 2.05) is 57.2 Å². The molecule has 0 aliphatic rings. The molecule has 3 heterocycles. The fourth-order valence-electron chi connectivity index (χ4n) is 2.63. The Labute approximate surface area is 159 Å². The van der Waals surface area contributed by atoms with Gasteiger partial charge in [0.25, 0.3) is 0 Å². The zero-order valence-electron chi connectivity index (χ0n) is 15.8. The summed E-state index contributed by atoms with van der Waals surface area (Å²) in [4.78, 5) is 13.6. The Balaban J connectivity index is 2.05. The summed E-state index contributed by atoms with van der Waals surface area (Å²) in [5, 5.41) is 0. The Hall–Kier alpha value is -3.15. The van der Waals surface area contributed by atoms with Crippen molar-refractivity contribution in [1.29, 1.82) is 0 Å². The zero-order chi connectivity index (χ0) is 19.1. The Morgan fingerprint density at radius 3 is 1.44 bits per heavy atom. The molecule has 0 N–H and O–H groups in total. The van der Waals surface area contributed by atoms with Crippen LogP contribution >= 0.6 is 0 Å². The van der Waals surface area contributed by atoms with E-state index in [1.165, 1.54) is 0 Å². The molecule has 6 heteroatoms. The highest BCUT2D eigenvalue weighted by Crippen LogP contribution is 2.29. The molecule has 0 fully saturated rings. The summed E-state index contributed by atoms with van der Waals surface area (Å²) in [5.74, 6) is 2.22. The summed E-state index contributed by atoms with van der Waals surface area (Å²) in [6.07, 6.45) is 3.42. The summed E-state index contributed by atoms with van der Waals surface area (Å²) in [7, 11) is 0. The lowest BCUT2D eigenvalue weighted by Crippen LogP contribution is -1.99. The molecule has 0 aromatic carbocycles. The second kappa shape index (κ2) is 8.98. The van der Waals surface area contributed by atoms with Crippen LogP contribution in [0, 0.1) is 0 Å². The van der Waals surface area contributed by atoms with Crippen molar-refractivity contribution >= 4 is 0 Å². The SMILES string of the molecule is CCOc1ccnc(-c2cc(OCC)cc(-c3cc(OCC)ccn3)n2)c1. The summed E-state index contributed by atoms with van der Waals surface area (Å²) in [5.41, 5.74) is 2.82. The fraction of sp³-hybridized carbons (Fsp3) is 0.286. The van der Waals surface area contributed by atoms with E-state index in [0.717, 1.165) is 11.5 Å². The van der Waals surface area contributed by atoms with Gasteiger partial charge in [0.15, 0.2) is 0 Å². The molecule has 6 nitrogen and oxygen atoms in total. The van der Waals surface area contributed by atoms with E-state index >= 15 is 0 Å². The van der Waals surface area contributed by atoms with E-state index in [9.17, 15) is 0 Å². The summed E-state index contributed by atoms with van der Waals surface area (Å²) in [6.45, 7) is 7.58. The normalized spacial score (nSPS) is 10.5. The van der Waals surface area contributed by atoms with Gasteiger partial charge in [-0.2, -0.15) is 0 Å². The largest absolute Gasteiger partial charge is 0.494 e. The maximum Gasteiger partial charge on any atom is 0.123 e. The Morgan fingerprint density at radius 2 is 1.00 bits per heavy atom. The van der Waals surface area contributed by atoms with E-state index < -0.39 is 0 Å². The Kier molecular flexibility index (Phi) is 6.20. The van der Waals surface area contributed by atoms with Crippen LogP contribution in [0.15, 0.2) is 48.8 Å². The van der Waals surface area contributed by atoms with E-state index in [2.05, 4.69) is 9.97 Å². The minimum atomic E-state index is 0.557. The van der Waals surface area contributed by atoms with Gasteiger partial charge in [-0.1, -0.05) is 0 Å². The van der Waals surface area contributed by atoms with Gasteiger partial charge in [-0.05, 0) is 32.9 Å². The molecule has 0 saturated heterocycles. The molecule has 0 spiro atoms. The van der Waals surface area contributed by atoms with Crippen LogP contribution in [0.5, 0.6) is 17.2 Å². The van der Waals surface area contributed by atoms with Crippen LogP contribution in [0.25, 0.3) is 22.8 Å². The molecule has 0 aliphatic carbocycles. The molecule has 0 amide bonds. The van der Waals surface area contributed by atoms with Gasteiger partial charge in [0, 0.05) is 36.7 Å². The van der Waals surface area contributed by atoms with Gasteiger partial charge in [0.1, 0.15) is 17.2 Å². The van der Waals surface area contributed by atoms with Crippen molar-refractivity contribution in [1.82, 2.24) is 15.0 Å². The van der Waals surface area contributed by atoms with Gasteiger partial charge in [0.05, 0.1) is 42.6 Å². The first-order valence-corrected chi connectivity index (χ1v) is 9.06. The van der Waals surface area contributed by atoms with Crippen LogP contribution in [-0.4, -0.2) is 34.8 Å². The fourth-order valence-corrected chi connectivity index (χ4v) is 2.63. The highest BCUT2D eigenvalue weighted by molar-refractivity contribution is 5.66. The van der Waals surface area contributed by atoms with Gasteiger partial charge >= 0.3 is 0 Å². The molecule has 0 bridgehead atoms. The van der Waals surface area contributed by atoms with Crippen molar-refractivity contribution in [3.05, 3.63) is 48.8 Å². The lowest BCUT2D eigenvalue weighted by molar-refractivity contribution is 0.339. The van der Waals surface area contributed by atoms with Crippen molar-refractivity contribution in [3.63, 3.8) is 0 Å². The Bertz CT molecular complexity index is 832. The molecule has 27 heavy (non-hydrogen) atoms. The first-order chi connectivity index (χ1) is 13.2. The number of hydrogen-bond donors (Lipinski definition) is 0. The van der Waals surface area contributed by atoms with Gasteiger partial charge in [-0.3, -0.25) is 9.97 Å². The van der Waals surface area contributed by atoms with Crippen molar-refractivity contribution in [2.24, 2.45) is 0 Å². The van der Waals surface area contributed by atoms with Gasteiger partial charge in [-0.25, -0.2) is 4.98 Å². The van der Waals surface area contributed by atoms with Crippen LogP contribution in [0.1, 0.15) is 20.8 Å². The van der Waals surface area contributed by atoms with Crippen LogP contribution in [0.4, 0.5) is 0 Å². The standard InChI is InChI=1S/C21H23N3O3/c1-4-25-15-7-9-22-18(11-15)20-13-17(27-6-3)14-21(24-20)19-12-16(26-5-2)8-10-23-19/h7-14H,4-6H2,1-3H3. The number of aromatic nitrogens is 3. The zero-order valence-corrected chi connectivity index (χ0v) is 15.8. The molecule has 0 atom stereocenters. The van der Waals surface area contributed by atoms with E-state index in [1.54, 1.807) is 12.4 Å². The number of nitrogens with zero attached hydrogens (tertiary/aromatic N) is 3. The quantitative estimate of drug-likeness (QED) is 0.589. The molecule has 3 rings (SSSR count). The molecule has 0 saturated carbocycles. The van der Waals surface area contributed by atoms with Crippen LogP contribution in [0.3, 0.4) is 0 Å². The molecule has 3 aromatic rings. The van der Waals surface area contributed by atoms with Gasteiger partial charge in [0.2, 0.25) is 0 Å². The topological polar surface area (TPSA) is 66.4 Å². The summed E-state index contributed by atoms with van der Waals surface area (Å²) >= 11 is 0. The van der Waals surface area contributed by atoms with Crippen LogP contribution in [-0.2, 0) is 0 Å². The third-order valence-corrected chi connectivity index (χ3v) is 3.72. The van der Waals surface area contributed by atoms with E-state index in [0.29, 0.717) is 48.3 Å². The van der Waals surface area contributed by atoms with E-state index in [4.69, 9.17) is 19.2 Å². The van der Waals surface area contributed by atoms with Crippen molar-refractivity contribution in [2.45, 2.75) is 20.8 Å². The third-order valence-electron chi connectivity index (χ3n) is 3.72. The van der Waals surface area contributed by atoms with E-state index in [-0.39, 0.29) is 0 Å². The molecular weight excluding hydrogens is 342 g/mol. The highest BCUT2D eigenvalue weighted by atomic mass is 16.5. The molecular formula is C21H23N3O3. The molecule has 0 unspecified atom stereocenters. The smallest absolute Gasteiger partial charge is 0.123 e. The lowest BCUT2D eigenvalue weighted by atomic mass is 10.1. The maximum absolute atomic E-state index is 5.73. The average molecular weight is 365 g/mol. The van der Waals surface area contributed by atoms with Crippen molar-refractivity contribution in [3.8, 4) is 40.0 Å². The van der Waals surface area contributed by atoms with Crippen LogP contribution < -0.4 is 14.2 Å². The molecule has 0 radical (unpaired) electrons. The highest BCUT2D eigenvalue weighted by Gasteiger charge is 2.11. The van der Waals surface area contributed by atoms with Crippen molar-refractivity contribution in [2.75, 3.05) is 19.8 Å². The third kappa shape index (κ3) is 4.73. The minimum Gasteiger partial charge on any atom is -0.494 e. The number of hydrogen-bond acceptors (Lipinski definition) is 6. The minimum absolute atomic E-state index is 0.557. The molecule has 0 aliphatic heterocycles. The molecule has 140 valence electrons. The second-order valence-corrected chi connectivity index (χ2v) is 5.63. The van der Waals surface area contributed by atoms with Gasteiger partial charge < -0.3 is 14.2 Å². The Morgan fingerprint density at radius 1 is 0.593 bits per heavy atom. The number of rotatable bonds is 8. The average Bonchev–Trinajstić information content (AvgIpc) is 2.69. The summed E-state index contributed by atoms with van der Waals surface area (Å²) < 4.78 is 16.9. The van der Waals surface area contributed by atoms with Crippen LogP contribution in [0.2, 0.25) is 0 Å². The molecule has 3 aromatic heterocycles.